The monoisotopic (exact) mass is 366 g/mol. The summed E-state index contributed by atoms with van der Waals surface area (Å²) in [5, 5.41) is 4.21. The zero-order chi connectivity index (χ0) is 18.5. The van der Waals surface area contributed by atoms with E-state index >= 15 is 0 Å². The molecule has 0 unspecified atom stereocenters. The number of hydrazone groups is 1. The van der Waals surface area contributed by atoms with Crippen LogP contribution in [0.4, 0.5) is 0 Å². The number of pyridine rings is 1. The minimum absolute atomic E-state index is 0.154. The normalized spacial score (nSPS) is 11.0. The molecule has 0 aliphatic carbocycles. The second kappa shape index (κ2) is 7.97. The SMILES string of the molecule is Cc1cc(C=NNC(=O)c2cccnc2Cl)c(C)n1Cc1ccccc1. The molecule has 0 aliphatic rings. The van der Waals surface area contributed by atoms with Crippen molar-refractivity contribution < 1.29 is 4.79 Å². The predicted molar refractivity (Wildman–Crippen MR) is 104 cm³/mol. The Labute approximate surface area is 157 Å². The molecule has 26 heavy (non-hydrogen) atoms. The van der Waals surface area contributed by atoms with Gasteiger partial charge in [-0.25, -0.2) is 10.4 Å². The molecular weight excluding hydrogens is 348 g/mol. The quantitative estimate of drug-likeness (QED) is 0.422. The molecule has 1 amide bonds. The van der Waals surface area contributed by atoms with Gasteiger partial charge in [-0.3, -0.25) is 4.79 Å². The number of carbonyl (C=O) groups is 1. The van der Waals surface area contributed by atoms with Gasteiger partial charge in [-0.15, -0.1) is 0 Å². The molecule has 0 bridgehead atoms. The van der Waals surface area contributed by atoms with Gasteiger partial charge in [0.05, 0.1) is 11.8 Å². The van der Waals surface area contributed by atoms with Crippen molar-refractivity contribution in [3.63, 3.8) is 0 Å². The maximum atomic E-state index is 12.1. The number of benzene rings is 1. The summed E-state index contributed by atoms with van der Waals surface area (Å²) in [5.74, 6) is -0.391. The van der Waals surface area contributed by atoms with Crippen molar-refractivity contribution in [2.75, 3.05) is 0 Å². The van der Waals surface area contributed by atoms with E-state index in [1.807, 2.05) is 31.2 Å². The summed E-state index contributed by atoms with van der Waals surface area (Å²) >= 11 is 5.91. The van der Waals surface area contributed by atoms with Gasteiger partial charge in [-0.2, -0.15) is 5.10 Å². The van der Waals surface area contributed by atoms with Gasteiger partial charge in [0.25, 0.3) is 5.91 Å². The molecule has 3 aromatic rings. The molecule has 3 rings (SSSR count). The summed E-state index contributed by atoms with van der Waals surface area (Å²) in [6, 6.07) is 15.6. The van der Waals surface area contributed by atoms with Crippen LogP contribution in [0.2, 0.25) is 5.15 Å². The van der Waals surface area contributed by atoms with E-state index in [9.17, 15) is 4.79 Å². The van der Waals surface area contributed by atoms with E-state index < -0.39 is 5.91 Å². The fourth-order valence-corrected chi connectivity index (χ4v) is 2.95. The van der Waals surface area contributed by atoms with Gasteiger partial charge < -0.3 is 4.57 Å². The number of hydrogen-bond acceptors (Lipinski definition) is 3. The summed E-state index contributed by atoms with van der Waals surface area (Å²) in [6.45, 7) is 4.89. The smallest absolute Gasteiger partial charge is 0.274 e. The molecule has 0 radical (unpaired) electrons. The minimum atomic E-state index is -0.391. The Kier molecular flexibility index (Phi) is 5.49. The molecule has 0 atom stereocenters. The number of nitrogens with zero attached hydrogens (tertiary/aromatic N) is 3. The molecule has 0 aliphatic heterocycles. The first-order valence-corrected chi connectivity index (χ1v) is 8.58. The predicted octanol–water partition coefficient (Wildman–Crippen LogP) is 3.97. The fourth-order valence-electron chi connectivity index (χ4n) is 2.74. The third-order valence-corrected chi connectivity index (χ3v) is 4.47. The van der Waals surface area contributed by atoms with E-state index in [-0.39, 0.29) is 5.15 Å². The highest BCUT2D eigenvalue weighted by molar-refractivity contribution is 6.32. The van der Waals surface area contributed by atoms with Crippen molar-refractivity contribution >= 4 is 23.7 Å². The van der Waals surface area contributed by atoms with E-state index in [0.717, 1.165) is 23.5 Å². The number of halogens is 1. The van der Waals surface area contributed by atoms with Crippen LogP contribution < -0.4 is 5.43 Å². The Hall–Kier alpha value is -2.92. The lowest BCUT2D eigenvalue weighted by atomic mass is 10.2. The van der Waals surface area contributed by atoms with Crippen molar-refractivity contribution in [1.29, 1.82) is 0 Å². The van der Waals surface area contributed by atoms with Crippen LogP contribution in [-0.2, 0) is 6.54 Å². The number of hydrogen-bond donors (Lipinski definition) is 1. The van der Waals surface area contributed by atoms with Crippen molar-refractivity contribution in [2.24, 2.45) is 5.10 Å². The molecule has 0 saturated heterocycles. The highest BCUT2D eigenvalue weighted by Gasteiger charge is 2.10. The average molecular weight is 367 g/mol. The Morgan fingerprint density at radius 1 is 1.23 bits per heavy atom. The van der Waals surface area contributed by atoms with Crippen molar-refractivity contribution in [3.8, 4) is 0 Å². The second-order valence-corrected chi connectivity index (χ2v) is 6.30. The summed E-state index contributed by atoms with van der Waals surface area (Å²) in [4.78, 5) is 16.0. The molecule has 0 fully saturated rings. The van der Waals surface area contributed by atoms with Gasteiger partial charge in [-0.05, 0) is 37.6 Å². The molecule has 1 N–H and O–H groups in total. The van der Waals surface area contributed by atoms with Crippen LogP contribution in [0.5, 0.6) is 0 Å². The lowest BCUT2D eigenvalue weighted by molar-refractivity contribution is 0.0955. The van der Waals surface area contributed by atoms with Crippen molar-refractivity contribution in [1.82, 2.24) is 15.0 Å². The van der Waals surface area contributed by atoms with Gasteiger partial charge in [0.15, 0.2) is 0 Å². The van der Waals surface area contributed by atoms with Gasteiger partial charge >= 0.3 is 0 Å². The Balaban J connectivity index is 1.72. The standard InChI is InChI=1S/C20H19ClN4O/c1-14-11-17(15(2)25(14)13-16-7-4-3-5-8-16)12-23-24-20(26)18-9-6-10-22-19(18)21/h3-12H,13H2,1-2H3,(H,24,26). The largest absolute Gasteiger partial charge is 0.344 e. The maximum absolute atomic E-state index is 12.1. The summed E-state index contributed by atoms with van der Waals surface area (Å²) < 4.78 is 2.22. The summed E-state index contributed by atoms with van der Waals surface area (Å²) in [6.07, 6.45) is 3.18. The topological polar surface area (TPSA) is 59.3 Å². The zero-order valence-corrected chi connectivity index (χ0v) is 15.4. The third kappa shape index (κ3) is 4.00. The van der Waals surface area contributed by atoms with Crippen LogP contribution in [-0.4, -0.2) is 21.7 Å². The first-order valence-electron chi connectivity index (χ1n) is 8.21. The van der Waals surface area contributed by atoms with Crippen LogP contribution in [0.15, 0.2) is 59.8 Å². The van der Waals surface area contributed by atoms with Gasteiger partial charge in [-0.1, -0.05) is 41.9 Å². The first-order chi connectivity index (χ1) is 12.6. The molecule has 1 aromatic carbocycles. The fraction of sp³-hybridized carbons (Fsp3) is 0.150. The van der Waals surface area contributed by atoms with Gasteiger partial charge in [0, 0.05) is 29.7 Å². The molecule has 2 heterocycles. The highest BCUT2D eigenvalue weighted by atomic mass is 35.5. The van der Waals surface area contributed by atoms with E-state index in [1.54, 1.807) is 18.3 Å². The Morgan fingerprint density at radius 2 is 2.00 bits per heavy atom. The van der Waals surface area contributed by atoms with Crippen molar-refractivity contribution in [2.45, 2.75) is 20.4 Å². The molecular formula is C20H19ClN4O. The number of rotatable bonds is 5. The van der Waals surface area contributed by atoms with Crippen LogP contribution in [0.3, 0.4) is 0 Å². The Bertz CT molecular complexity index is 948. The number of amides is 1. The van der Waals surface area contributed by atoms with Crippen LogP contribution in [0.1, 0.15) is 32.9 Å². The molecule has 0 saturated carbocycles. The van der Waals surface area contributed by atoms with Crippen LogP contribution >= 0.6 is 11.6 Å². The number of nitrogens with one attached hydrogen (secondary N) is 1. The third-order valence-electron chi connectivity index (χ3n) is 4.17. The minimum Gasteiger partial charge on any atom is -0.344 e. The highest BCUT2D eigenvalue weighted by Crippen LogP contribution is 2.16. The summed E-state index contributed by atoms with van der Waals surface area (Å²) in [5.41, 5.74) is 7.19. The van der Waals surface area contributed by atoms with Crippen LogP contribution in [0.25, 0.3) is 0 Å². The van der Waals surface area contributed by atoms with E-state index in [1.165, 1.54) is 11.8 Å². The molecule has 132 valence electrons. The lowest BCUT2D eigenvalue weighted by Crippen LogP contribution is -2.18. The lowest BCUT2D eigenvalue weighted by Gasteiger charge is -2.09. The first kappa shape index (κ1) is 17.9. The van der Waals surface area contributed by atoms with Gasteiger partial charge in [0.2, 0.25) is 0 Å². The Morgan fingerprint density at radius 3 is 2.73 bits per heavy atom. The number of aromatic nitrogens is 2. The number of carbonyl (C=O) groups excluding carboxylic acids is 1. The van der Waals surface area contributed by atoms with Crippen LogP contribution in [0, 0.1) is 13.8 Å². The maximum Gasteiger partial charge on any atom is 0.274 e. The van der Waals surface area contributed by atoms with E-state index in [0.29, 0.717) is 5.56 Å². The van der Waals surface area contributed by atoms with Crippen molar-refractivity contribution in [3.05, 3.63) is 88.0 Å². The van der Waals surface area contributed by atoms with E-state index in [4.69, 9.17) is 11.6 Å². The zero-order valence-electron chi connectivity index (χ0n) is 14.6. The average Bonchev–Trinajstić information content (AvgIpc) is 2.90. The molecule has 6 heteroatoms. The van der Waals surface area contributed by atoms with Gasteiger partial charge in [0.1, 0.15) is 5.15 Å². The molecule has 2 aromatic heterocycles. The molecule has 5 nitrogen and oxygen atoms in total. The van der Waals surface area contributed by atoms with E-state index in [2.05, 4.69) is 39.1 Å². The molecule has 0 spiro atoms. The summed E-state index contributed by atoms with van der Waals surface area (Å²) in [7, 11) is 0. The number of aryl methyl sites for hydroxylation is 1. The second-order valence-electron chi connectivity index (χ2n) is 5.94.